The van der Waals surface area contributed by atoms with Crippen molar-refractivity contribution < 1.29 is 24.2 Å². The molecule has 0 spiro atoms. The van der Waals surface area contributed by atoms with E-state index >= 15 is 0 Å². The number of aromatic nitrogens is 1. The number of nitrogens with zero attached hydrogens (tertiary/aromatic N) is 1. The number of rotatable bonds is 10. The zero-order chi connectivity index (χ0) is 21.3. The van der Waals surface area contributed by atoms with Gasteiger partial charge in [0.05, 0.1) is 12.6 Å². The number of amides is 2. The van der Waals surface area contributed by atoms with Crippen LogP contribution in [0.25, 0.3) is 10.8 Å². The van der Waals surface area contributed by atoms with Gasteiger partial charge < -0.3 is 20.5 Å². The van der Waals surface area contributed by atoms with Gasteiger partial charge in [-0.05, 0) is 28.5 Å². The number of carbonyl (C=O) groups excluding carboxylic acids is 2. The zero-order valence-corrected chi connectivity index (χ0v) is 16.1. The molecule has 1 atom stereocenters. The number of carboxylic acids is 1. The van der Waals surface area contributed by atoms with Crippen molar-refractivity contribution in [1.29, 1.82) is 0 Å². The molecule has 0 aliphatic carbocycles. The van der Waals surface area contributed by atoms with Gasteiger partial charge in [-0.25, -0.2) is 4.79 Å². The first kappa shape index (κ1) is 20.8. The van der Waals surface area contributed by atoms with Gasteiger partial charge >= 0.3 is 5.97 Å². The average Bonchev–Trinajstić information content (AvgIpc) is 2.76. The number of aliphatic carboxylic acids is 1. The van der Waals surface area contributed by atoms with E-state index in [0.29, 0.717) is 18.1 Å². The molecule has 8 nitrogen and oxygen atoms in total. The van der Waals surface area contributed by atoms with E-state index in [-0.39, 0.29) is 19.4 Å². The summed E-state index contributed by atoms with van der Waals surface area (Å²) < 4.78 is 5.82. The summed E-state index contributed by atoms with van der Waals surface area (Å²) in [6.45, 7) is 0.183. The molecule has 3 N–H and O–H groups in total. The highest BCUT2D eigenvalue weighted by Crippen LogP contribution is 2.20. The molecule has 154 valence electrons. The Balaban J connectivity index is 1.53. The molecule has 0 saturated heterocycles. The summed E-state index contributed by atoms with van der Waals surface area (Å²) in [6, 6.07) is 16.4. The Hall–Kier alpha value is -3.94. The number of carbonyl (C=O) groups is 3. The van der Waals surface area contributed by atoms with Crippen molar-refractivity contribution in [2.45, 2.75) is 19.1 Å². The molecule has 2 amide bonds. The van der Waals surface area contributed by atoms with Crippen LogP contribution < -0.4 is 15.4 Å². The van der Waals surface area contributed by atoms with Gasteiger partial charge in [-0.1, -0.05) is 42.5 Å². The maximum Gasteiger partial charge on any atom is 0.328 e. The molecule has 1 unspecified atom stereocenters. The fourth-order valence-corrected chi connectivity index (χ4v) is 2.92. The second-order valence-corrected chi connectivity index (χ2v) is 6.57. The van der Waals surface area contributed by atoms with E-state index in [9.17, 15) is 14.4 Å². The van der Waals surface area contributed by atoms with Crippen molar-refractivity contribution >= 4 is 29.1 Å². The highest BCUT2D eigenvalue weighted by Gasteiger charge is 2.17. The van der Waals surface area contributed by atoms with Gasteiger partial charge in [-0.2, -0.15) is 0 Å². The van der Waals surface area contributed by atoms with E-state index in [2.05, 4.69) is 15.6 Å². The predicted molar refractivity (Wildman–Crippen MR) is 110 cm³/mol. The maximum absolute atomic E-state index is 12.0. The molecule has 0 aliphatic rings. The molecular formula is C22H21N3O5. The van der Waals surface area contributed by atoms with Crippen molar-refractivity contribution in [3.8, 4) is 5.75 Å². The quantitative estimate of drug-likeness (QED) is 0.440. The van der Waals surface area contributed by atoms with Gasteiger partial charge in [0, 0.05) is 12.2 Å². The Morgan fingerprint density at radius 2 is 1.90 bits per heavy atom. The lowest BCUT2D eigenvalue weighted by atomic mass is 10.1. The number of pyridine rings is 1. The van der Waals surface area contributed by atoms with Gasteiger partial charge in [0.1, 0.15) is 18.4 Å². The van der Waals surface area contributed by atoms with Crippen LogP contribution in [0.5, 0.6) is 5.75 Å². The summed E-state index contributed by atoms with van der Waals surface area (Å²) in [4.78, 5) is 37.5. The fourth-order valence-electron chi connectivity index (χ4n) is 2.92. The molecule has 30 heavy (non-hydrogen) atoms. The Labute approximate surface area is 172 Å². The lowest BCUT2D eigenvalue weighted by Crippen LogP contribution is -2.45. The summed E-state index contributed by atoms with van der Waals surface area (Å²) in [5.41, 5.74) is 1.58. The molecule has 8 heteroatoms. The van der Waals surface area contributed by atoms with Crippen LogP contribution in [-0.2, 0) is 27.4 Å². The first-order chi connectivity index (χ1) is 14.6. The molecule has 2 aromatic carbocycles. The van der Waals surface area contributed by atoms with E-state index in [1.165, 1.54) is 0 Å². The zero-order valence-electron chi connectivity index (χ0n) is 16.1. The fraction of sp³-hybridized carbons (Fsp3) is 0.182. The highest BCUT2D eigenvalue weighted by atomic mass is 16.5. The largest absolute Gasteiger partial charge is 0.487 e. The van der Waals surface area contributed by atoms with E-state index in [4.69, 9.17) is 9.84 Å². The second-order valence-electron chi connectivity index (χ2n) is 6.57. The second kappa shape index (κ2) is 10.0. The number of carboxylic acid groups (broad SMARTS) is 1. The Morgan fingerprint density at radius 3 is 2.63 bits per heavy atom. The number of hydrogen-bond donors (Lipinski definition) is 3. The summed E-state index contributed by atoms with van der Waals surface area (Å²) >= 11 is 0. The lowest BCUT2D eigenvalue weighted by Gasteiger charge is -2.12. The average molecular weight is 407 g/mol. The van der Waals surface area contributed by atoms with Crippen LogP contribution >= 0.6 is 0 Å². The van der Waals surface area contributed by atoms with Crippen LogP contribution in [0.3, 0.4) is 0 Å². The number of benzene rings is 2. The molecule has 0 aliphatic heterocycles. The molecule has 1 aromatic heterocycles. The van der Waals surface area contributed by atoms with E-state index in [0.717, 1.165) is 16.3 Å². The topological polar surface area (TPSA) is 118 Å². The predicted octanol–water partition coefficient (Wildman–Crippen LogP) is 1.67. The van der Waals surface area contributed by atoms with Crippen molar-refractivity contribution in [1.82, 2.24) is 15.6 Å². The summed E-state index contributed by atoms with van der Waals surface area (Å²) in [5, 5.41) is 15.8. The summed E-state index contributed by atoms with van der Waals surface area (Å²) in [7, 11) is 0. The van der Waals surface area contributed by atoms with E-state index in [1.807, 2.05) is 42.5 Å². The Bertz CT molecular complexity index is 1030. The van der Waals surface area contributed by atoms with Crippen LogP contribution in [-0.4, -0.2) is 41.0 Å². The maximum atomic E-state index is 12.0. The van der Waals surface area contributed by atoms with E-state index in [1.54, 1.807) is 18.3 Å². The minimum atomic E-state index is -1.23. The van der Waals surface area contributed by atoms with Crippen LogP contribution in [0.1, 0.15) is 11.3 Å². The third-order valence-corrected chi connectivity index (χ3v) is 4.48. The third kappa shape index (κ3) is 5.54. The first-order valence-electron chi connectivity index (χ1n) is 9.30. The number of fused-ring (bicyclic) bond motifs is 1. The molecule has 0 bridgehead atoms. The van der Waals surface area contributed by atoms with Crippen LogP contribution in [0, 0.1) is 0 Å². The van der Waals surface area contributed by atoms with Gasteiger partial charge in [-0.3, -0.25) is 14.6 Å². The Kier molecular flexibility index (Phi) is 6.94. The normalized spacial score (nSPS) is 11.5. The number of hydrogen-bond acceptors (Lipinski definition) is 5. The van der Waals surface area contributed by atoms with Gasteiger partial charge in [-0.15, -0.1) is 0 Å². The van der Waals surface area contributed by atoms with Crippen LogP contribution in [0.4, 0.5) is 0 Å². The summed E-state index contributed by atoms with van der Waals surface area (Å²) in [6.07, 6.45) is 1.81. The smallest absolute Gasteiger partial charge is 0.328 e. The molecule has 1 heterocycles. The van der Waals surface area contributed by atoms with Crippen LogP contribution in [0.2, 0.25) is 0 Å². The molecule has 0 fully saturated rings. The van der Waals surface area contributed by atoms with Crippen molar-refractivity contribution in [2.24, 2.45) is 0 Å². The third-order valence-electron chi connectivity index (χ3n) is 4.48. The monoisotopic (exact) mass is 407 g/mol. The number of ether oxygens (including phenoxy) is 1. The first-order valence-corrected chi connectivity index (χ1v) is 9.30. The van der Waals surface area contributed by atoms with Crippen LogP contribution in [0.15, 0.2) is 60.8 Å². The minimum Gasteiger partial charge on any atom is -0.487 e. The highest BCUT2D eigenvalue weighted by molar-refractivity contribution is 5.85. The van der Waals surface area contributed by atoms with Crippen molar-refractivity contribution in [2.75, 3.05) is 6.54 Å². The lowest BCUT2D eigenvalue weighted by molar-refractivity contribution is -0.140. The van der Waals surface area contributed by atoms with Crippen molar-refractivity contribution in [3.63, 3.8) is 0 Å². The molecule has 0 saturated carbocycles. The molecule has 0 radical (unpaired) electrons. The minimum absolute atomic E-state index is 0.0168. The summed E-state index contributed by atoms with van der Waals surface area (Å²) in [5.74, 6) is -1.05. The standard InChI is InChI=1S/C22H21N3O5/c26-14-25-20(22(28)29)12-24-21(27)10-17-8-9-18(11-23-17)30-13-16-6-3-5-15-4-1-2-7-19(15)16/h1-9,11,14,20H,10,12-13H2,(H,24,27)(H,25,26)(H,28,29). The molecule has 3 aromatic rings. The molecular weight excluding hydrogens is 386 g/mol. The van der Waals surface area contributed by atoms with Gasteiger partial charge in [0.15, 0.2) is 0 Å². The van der Waals surface area contributed by atoms with Gasteiger partial charge in [0.2, 0.25) is 12.3 Å². The number of nitrogens with one attached hydrogen (secondary N) is 2. The Morgan fingerprint density at radius 1 is 1.10 bits per heavy atom. The SMILES string of the molecule is O=CNC(CNC(=O)Cc1ccc(OCc2cccc3ccccc23)cn1)C(=O)O. The van der Waals surface area contributed by atoms with Crippen molar-refractivity contribution in [3.05, 3.63) is 72.1 Å². The van der Waals surface area contributed by atoms with E-state index < -0.39 is 17.9 Å². The van der Waals surface area contributed by atoms with Gasteiger partial charge in [0.25, 0.3) is 0 Å². The molecule has 3 rings (SSSR count).